The van der Waals surface area contributed by atoms with E-state index in [1.807, 2.05) is 12.4 Å². The first-order valence-electron chi connectivity index (χ1n) is 12.0. The number of nitrogens with zero attached hydrogens (tertiary/aromatic N) is 1. The number of pyridine rings is 1. The number of H-pyrrole nitrogens is 1. The van der Waals surface area contributed by atoms with E-state index >= 15 is 0 Å². The van der Waals surface area contributed by atoms with Gasteiger partial charge >= 0.3 is 6.03 Å². The summed E-state index contributed by atoms with van der Waals surface area (Å²) in [6.07, 6.45) is 9.11. The van der Waals surface area contributed by atoms with Crippen molar-refractivity contribution < 1.29 is 9.59 Å². The van der Waals surface area contributed by atoms with Crippen LogP contribution in [0.4, 0.5) is 4.79 Å². The quantitative estimate of drug-likeness (QED) is 0.247. The molecular weight excluding hydrogens is 458 g/mol. The lowest BCUT2D eigenvalue weighted by molar-refractivity contribution is -0.122. The van der Waals surface area contributed by atoms with Gasteiger partial charge in [-0.3, -0.25) is 4.79 Å². The van der Waals surface area contributed by atoms with Crippen molar-refractivity contribution in [2.75, 3.05) is 19.6 Å². The summed E-state index contributed by atoms with van der Waals surface area (Å²) < 4.78 is 1.22. The number of aromatic amines is 1. The number of rotatable bonds is 10. The fourth-order valence-corrected chi connectivity index (χ4v) is 5.20. The number of benzene rings is 1. The van der Waals surface area contributed by atoms with E-state index in [1.54, 1.807) is 17.4 Å². The average Bonchev–Trinajstić information content (AvgIpc) is 3.55. The highest BCUT2D eigenvalue weighted by Crippen LogP contribution is 2.32. The number of carbonyl (C=O) groups excluding carboxylic acids is 2. The van der Waals surface area contributed by atoms with E-state index in [0.29, 0.717) is 19.6 Å². The molecule has 3 aromatic heterocycles. The Kier molecular flexibility index (Phi) is 6.81. The summed E-state index contributed by atoms with van der Waals surface area (Å²) in [5.41, 5.74) is 5.40. The summed E-state index contributed by atoms with van der Waals surface area (Å²) >= 11 is 1.72. The molecule has 35 heavy (non-hydrogen) atoms. The van der Waals surface area contributed by atoms with E-state index in [2.05, 4.69) is 62.1 Å². The van der Waals surface area contributed by atoms with Gasteiger partial charge in [0.1, 0.15) is 5.65 Å². The standard InChI is InChI=1S/C27H29N5O2S/c1-2-9-29-27(34)30-11-8-20-16-35-24-6-5-18(12-22(20)24)21-13-23-19(14-31-25(23)32-15-21)7-10-28-26(33)17-3-4-17/h2,5-6,12-17H,1,3-4,7-11H2,(H,28,33)(H,31,32)(H2,29,30,34). The second kappa shape index (κ2) is 10.3. The number of amides is 3. The van der Waals surface area contributed by atoms with Gasteiger partial charge in [-0.1, -0.05) is 12.1 Å². The van der Waals surface area contributed by atoms with Crippen molar-refractivity contribution in [3.05, 3.63) is 65.8 Å². The van der Waals surface area contributed by atoms with Gasteiger partial charge in [-0.15, -0.1) is 17.9 Å². The van der Waals surface area contributed by atoms with Crippen LogP contribution in [0.15, 0.2) is 54.7 Å². The molecule has 0 bridgehead atoms. The lowest BCUT2D eigenvalue weighted by Gasteiger charge is -2.07. The number of aromatic nitrogens is 2. The molecule has 0 atom stereocenters. The molecule has 1 saturated carbocycles. The molecule has 3 heterocycles. The Balaban J connectivity index is 1.30. The first kappa shape index (κ1) is 23.1. The van der Waals surface area contributed by atoms with Crippen LogP contribution in [0.1, 0.15) is 24.0 Å². The van der Waals surface area contributed by atoms with Crippen molar-refractivity contribution in [3.63, 3.8) is 0 Å². The van der Waals surface area contributed by atoms with Crippen molar-refractivity contribution in [1.29, 1.82) is 0 Å². The zero-order valence-corrected chi connectivity index (χ0v) is 20.3. The monoisotopic (exact) mass is 487 g/mol. The average molecular weight is 488 g/mol. The Morgan fingerprint density at radius 1 is 1.06 bits per heavy atom. The predicted octanol–water partition coefficient (Wildman–Crippen LogP) is 4.54. The van der Waals surface area contributed by atoms with E-state index in [0.717, 1.165) is 53.4 Å². The highest BCUT2D eigenvalue weighted by molar-refractivity contribution is 7.17. The summed E-state index contributed by atoms with van der Waals surface area (Å²) in [6, 6.07) is 8.49. The largest absolute Gasteiger partial charge is 0.356 e. The maximum absolute atomic E-state index is 11.9. The van der Waals surface area contributed by atoms with Crippen LogP contribution in [-0.4, -0.2) is 41.5 Å². The van der Waals surface area contributed by atoms with Gasteiger partial charge in [0.25, 0.3) is 0 Å². The number of carbonyl (C=O) groups is 2. The number of fused-ring (bicyclic) bond motifs is 2. The normalized spacial score (nSPS) is 13.1. The Bertz CT molecular complexity index is 1390. The fraction of sp³-hybridized carbons (Fsp3) is 0.296. The Morgan fingerprint density at radius 3 is 2.69 bits per heavy atom. The molecule has 0 unspecified atom stereocenters. The fourth-order valence-electron chi connectivity index (χ4n) is 4.23. The van der Waals surface area contributed by atoms with E-state index in [4.69, 9.17) is 0 Å². The minimum absolute atomic E-state index is 0.177. The summed E-state index contributed by atoms with van der Waals surface area (Å²) in [5.74, 6) is 0.407. The van der Waals surface area contributed by atoms with E-state index in [-0.39, 0.29) is 17.9 Å². The summed E-state index contributed by atoms with van der Waals surface area (Å²) in [4.78, 5) is 31.6. The van der Waals surface area contributed by atoms with Crippen LogP contribution in [0.2, 0.25) is 0 Å². The van der Waals surface area contributed by atoms with Crippen molar-refractivity contribution in [1.82, 2.24) is 25.9 Å². The third-order valence-electron chi connectivity index (χ3n) is 6.33. The van der Waals surface area contributed by atoms with Gasteiger partial charge in [0.15, 0.2) is 0 Å². The zero-order chi connectivity index (χ0) is 24.2. The predicted molar refractivity (Wildman–Crippen MR) is 142 cm³/mol. The van der Waals surface area contributed by atoms with Crippen molar-refractivity contribution in [2.45, 2.75) is 25.7 Å². The lowest BCUT2D eigenvalue weighted by Crippen LogP contribution is -2.36. The molecule has 5 rings (SSSR count). The first-order valence-corrected chi connectivity index (χ1v) is 12.9. The number of thiophene rings is 1. The maximum atomic E-state index is 11.9. The highest BCUT2D eigenvalue weighted by Gasteiger charge is 2.29. The SMILES string of the molecule is C=CCNC(=O)NCCc1csc2ccc(-c3cnc4[nH]cc(CCNC(=O)C5CC5)c4c3)cc12. The topological polar surface area (TPSA) is 98.9 Å². The third kappa shape index (κ3) is 5.38. The lowest BCUT2D eigenvalue weighted by atomic mass is 10.0. The summed E-state index contributed by atoms with van der Waals surface area (Å²) in [6.45, 7) is 5.26. The van der Waals surface area contributed by atoms with Crippen molar-refractivity contribution >= 4 is 44.4 Å². The minimum atomic E-state index is -0.182. The van der Waals surface area contributed by atoms with Crippen LogP contribution < -0.4 is 16.0 Å². The molecule has 1 aliphatic carbocycles. The van der Waals surface area contributed by atoms with Gasteiger partial charge in [0.2, 0.25) is 5.91 Å². The molecule has 0 saturated heterocycles. The first-order chi connectivity index (χ1) is 17.1. The van der Waals surface area contributed by atoms with Crippen molar-refractivity contribution in [2.24, 2.45) is 5.92 Å². The Labute approximate surface area is 208 Å². The van der Waals surface area contributed by atoms with Gasteiger partial charge in [-0.2, -0.15) is 0 Å². The molecule has 1 aliphatic rings. The van der Waals surface area contributed by atoms with Crippen LogP contribution >= 0.6 is 11.3 Å². The second-order valence-corrected chi connectivity index (χ2v) is 9.81. The van der Waals surface area contributed by atoms with E-state index in [1.165, 1.54) is 15.6 Å². The third-order valence-corrected chi connectivity index (χ3v) is 7.34. The smallest absolute Gasteiger partial charge is 0.315 e. The van der Waals surface area contributed by atoms with Crippen LogP contribution in [0.25, 0.3) is 32.2 Å². The number of urea groups is 1. The van der Waals surface area contributed by atoms with Crippen LogP contribution in [0, 0.1) is 5.92 Å². The van der Waals surface area contributed by atoms with Crippen LogP contribution in [0.5, 0.6) is 0 Å². The van der Waals surface area contributed by atoms with E-state index < -0.39 is 0 Å². The number of hydrogen-bond donors (Lipinski definition) is 4. The minimum Gasteiger partial charge on any atom is -0.356 e. The highest BCUT2D eigenvalue weighted by atomic mass is 32.1. The molecule has 0 spiro atoms. The zero-order valence-electron chi connectivity index (χ0n) is 19.5. The van der Waals surface area contributed by atoms with Gasteiger partial charge in [0, 0.05) is 53.6 Å². The number of nitrogens with one attached hydrogen (secondary N) is 4. The van der Waals surface area contributed by atoms with Crippen LogP contribution in [-0.2, 0) is 17.6 Å². The second-order valence-electron chi connectivity index (χ2n) is 8.90. The number of hydrogen-bond acceptors (Lipinski definition) is 4. The molecule has 180 valence electrons. The summed E-state index contributed by atoms with van der Waals surface area (Å²) in [5, 5.41) is 13.1. The molecular formula is C27H29N5O2S. The Hall–Kier alpha value is -3.65. The van der Waals surface area contributed by atoms with Crippen LogP contribution in [0.3, 0.4) is 0 Å². The molecule has 0 aliphatic heterocycles. The summed E-state index contributed by atoms with van der Waals surface area (Å²) in [7, 11) is 0. The molecule has 0 radical (unpaired) electrons. The molecule has 4 aromatic rings. The molecule has 8 heteroatoms. The van der Waals surface area contributed by atoms with Gasteiger partial charge < -0.3 is 20.9 Å². The maximum Gasteiger partial charge on any atom is 0.315 e. The molecule has 1 aromatic carbocycles. The molecule has 1 fully saturated rings. The van der Waals surface area contributed by atoms with Gasteiger partial charge in [-0.05, 0) is 71.3 Å². The van der Waals surface area contributed by atoms with Crippen molar-refractivity contribution in [3.8, 4) is 11.1 Å². The van der Waals surface area contributed by atoms with Gasteiger partial charge in [-0.25, -0.2) is 9.78 Å². The molecule has 4 N–H and O–H groups in total. The molecule has 7 nitrogen and oxygen atoms in total. The van der Waals surface area contributed by atoms with Gasteiger partial charge in [0.05, 0.1) is 0 Å². The van der Waals surface area contributed by atoms with E-state index in [9.17, 15) is 9.59 Å². The Morgan fingerprint density at radius 2 is 1.86 bits per heavy atom. The molecule has 3 amide bonds.